The van der Waals surface area contributed by atoms with Gasteiger partial charge in [0.15, 0.2) is 5.75 Å². The second-order valence-electron chi connectivity index (χ2n) is 8.52. The van der Waals surface area contributed by atoms with E-state index in [0.717, 1.165) is 25.7 Å². The van der Waals surface area contributed by atoms with E-state index in [1.807, 2.05) is 18.2 Å². The Morgan fingerprint density at radius 1 is 0.806 bits per heavy atom. The summed E-state index contributed by atoms with van der Waals surface area (Å²) in [5, 5.41) is 2.63. The molecule has 36 heavy (non-hydrogen) atoms. The van der Waals surface area contributed by atoms with Gasteiger partial charge >= 0.3 is 0 Å². The highest BCUT2D eigenvalue weighted by atomic mass is 32.2. The first-order chi connectivity index (χ1) is 17.4. The lowest BCUT2D eigenvalue weighted by molar-refractivity contribution is -0.130. The molecule has 3 aromatic carbocycles. The van der Waals surface area contributed by atoms with Crippen molar-refractivity contribution in [2.45, 2.75) is 30.6 Å². The Labute approximate surface area is 211 Å². The van der Waals surface area contributed by atoms with Crippen LogP contribution in [0.2, 0.25) is 0 Å². The number of hydrogen-bond donors (Lipinski definition) is 2. The number of ether oxygens (including phenoxy) is 1. The lowest BCUT2D eigenvalue weighted by Gasteiger charge is -2.20. The largest absolute Gasteiger partial charge is 0.455 e. The first kappa shape index (κ1) is 25.2. The third kappa shape index (κ3) is 6.63. The molecule has 1 fully saturated rings. The number of hydrogen-bond acceptors (Lipinski definition) is 5. The predicted octanol–water partition coefficient (Wildman–Crippen LogP) is 4.41. The molecule has 1 aliphatic rings. The Morgan fingerprint density at radius 2 is 1.44 bits per heavy atom. The van der Waals surface area contributed by atoms with E-state index in [9.17, 15) is 18.0 Å². The summed E-state index contributed by atoms with van der Waals surface area (Å²) in [7, 11) is -3.94. The summed E-state index contributed by atoms with van der Waals surface area (Å²) in [6.45, 7) is 1.35. The van der Waals surface area contributed by atoms with E-state index in [1.54, 1.807) is 41.3 Å². The zero-order valence-corrected chi connectivity index (χ0v) is 20.7. The highest BCUT2D eigenvalue weighted by Gasteiger charge is 2.19. The van der Waals surface area contributed by atoms with Crippen molar-refractivity contribution in [3.63, 3.8) is 0 Å². The third-order valence-electron chi connectivity index (χ3n) is 5.89. The Bertz CT molecular complexity index is 1290. The first-order valence-corrected chi connectivity index (χ1v) is 13.4. The van der Waals surface area contributed by atoms with E-state index in [0.29, 0.717) is 24.6 Å². The molecular weight excluding hydrogens is 478 g/mol. The van der Waals surface area contributed by atoms with E-state index < -0.39 is 15.9 Å². The molecule has 0 saturated carbocycles. The Kier molecular flexibility index (Phi) is 8.22. The number of amides is 2. The summed E-state index contributed by atoms with van der Waals surface area (Å²) in [4.78, 5) is 26.7. The molecule has 0 aromatic heterocycles. The van der Waals surface area contributed by atoms with Gasteiger partial charge in [-0.3, -0.25) is 14.3 Å². The molecule has 0 unspecified atom stereocenters. The van der Waals surface area contributed by atoms with E-state index in [2.05, 4.69) is 10.0 Å². The zero-order chi connectivity index (χ0) is 25.4. The molecule has 1 aliphatic heterocycles. The van der Waals surface area contributed by atoms with Crippen LogP contribution < -0.4 is 14.8 Å². The van der Waals surface area contributed by atoms with Crippen LogP contribution in [-0.2, 0) is 14.8 Å². The number of nitrogens with zero attached hydrogens (tertiary/aromatic N) is 1. The highest BCUT2D eigenvalue weighted by molar-refractivity contribution is 7.92. The number of sulfonamides is 1. The number of anilines is 1. The fraction of sp³-hybridized carbons (Fsp3) is 0.259. The molecule has 3 aromatic rings. The van der Waals surface area contributed by atoms with E-state index >= 15 is 0 Å². The van der Waals surface area contributed by atoms with Gasteiger partial charge in [-0.25, -0.2) is 8.42 Å². The average Bonchev–Trinajstić information content (AvgIpc) is 3.19. The SMILES string of the molecule is O=C(NCC(=O)N1CCCCCC1)c1ccc(S(=O)(=O)Nc2ccccc2Oc2ccccc2)cc1. The van der Waals surface area contributed by atoms with Gasteiger partial charge in [0.25, 0.3) is 15.9 Å². The highest BCUT2D eigenvalue weighted by Crippen LogP contribution is 2.30. The molecule has 1 heterocycles. The lowest BCUT2D eigenvalue weighted by atomic mass is 10.2. The molecule has 1 saturated heterocycles. The molecular formula is C27H29N3O5S. The molecule has 0 bridgehead atoms. The Balaban J connectivity index is 1.38. The van der Waals surface area contributed by atoms with Gasteiger partial charge in [-0.2, -0.15) is 0 Å². The van der Waals surface area contributed by atoms with Crippen molar-refractivity contribution in [1.29, 1.82) is 0 Å². The zero-order valence-electron chi connectivity index (χ0n) is 19.9. The van der Waals surface area contributed by atoms with Crippen molar-refractivity contribution >= 4 is 27.5 Å². The summed E-state index contributed by atoms with van der Waals surface area (Å²) < 4.78 is 34.4. The number of nitrogens with one attached hydrogen (secondary N) is 2. The van der Waals surface area contributed by atoms with Gasteiger partial charge in [0, 0.05) is 18.7 Å². The van der Waals surface area contributed by atoms with Crippen LogP contribution in [0.5, 0.6) is 11.5 Å². The number of rotatable bonds is 8. The maximum absolute atomic E-state index is 13.0. The normalized spacial score (nSPS) is 13.9. The van der Waals surface area contributed by atoms with Crippen LogP contribution >= 0.6 is 0 Å². The van der Waals surface area contributed by atoms with Gasteiger partial charge in [0.05, 0.1) is 17.1 Å². The van der Waals surface area contributed by atoms with Crippen molar-refractivity contribution in [2.24, 2.45) is 0 Å². The number of benzene rings is 3. The second kappa shape index (κ2) is 11.7. The number of carbonyl (C=O) groups is 2. The molecule has 0 atom stereocenters. The standard InChI is InChI=1S/C27H29N3O5S/c31-26(30-18-8-1-2-9-19-30)20-28-27(32)21-14-16-23(17-15-21)36(33,34)29-24-12-6-7-13-25(24)35-22-10-4-3-5-11-22/h3-7,10-17,29H,1-2,8-9,18-20H2,(H,28,32). The van der Waals surface area contributed by atoms with Crippen LogP contribution in [0.1, 0.15) is 36.0 Å². The van der Waals surface area contributed by atoms with Gasteiger partial charge < -0.3 is 15.0 Å². The van der Waals surface area contributed by atoms with Gasteiger partial charge in [-0.1, -0.05) is 43.2 Å². The predicted molar refractivity (Wildman–Crippen MR) is 138 cm³/mol. The van der Waals surface area contributed by atoms with E-state index in [1.165, 1.54) is 24.3 Å². The Morgan fingerprint density at radius 3 is 2.14 bits per heavy atom. The topological polar surface area (TPSA) is 105 Å². The van der Waals surface area contributed by atoms with Crippen LogP contribution in [0.15, 0.2) is 83.8 Å². The maximum atomic E-state index is 13.0. The smallest absolute Gasteiger partial charge is 0.262 e. The van der Waals surface area contributed by atoms with Crippen LogP contribution in [0.4, 0.5) is 5.69 Å². The van der Waals surface area contributed by atoms with Gasteiger partial charge in [0.1, 0.15) is 5.75 Å². The quantitative estimate of drug-likeness (QED) is 0.470. The minimum Gasteiger partial charge on any atom is -0.455 e. The average molecular weight is 508 g/mol. The summed E-state index contributed by atoms with van der Waals surface area (Å²) in [5.41, 5.74) is 0.556. The molecule has 188 valence electrons. The molecule has 9 heteroatoms. The van der Waals surface area contributed by atoms with Crippen LogP contribution in [0.3, 0.4) is 0 Å². The molecule has 2 N–H and O–H groups in total. The molecule has 4 rings (SSSR count). The van der Waals surface area contributed by atoms with Crippen molar-refractivity contribution in [3.8, 4) is 11.5 Å². The summed E-state index contributed by atoms with van der Waals surface area (Å²) in [6, 6.07) is 21.4. The number of likely N-dealkylation sites (tertiary alicyclic amines) is 1. The molecule has 0 radical (unpaired) electrons. The monoisotopic (exact) mass is 507 g/mol. The Hall–Kier alpha value is -3.85. The van der Waals surface area contributed by atoms with Crippen molar-refractivity contribution in [2.75, 3.05) is 24.4 Å². The number of para-hydroxylation sites is 3. The molecule has 0 aliphatic carbocycles. The second-order valence-corrected chi connectivity index (χ2v) is 10.2. The summed E-state index contributed by atoms with van der Waals surface area (Å²) in [6.07, 6.45) is 4.19. The summed E-state index contributed by atoms with van der Waals surface area (Å²) >= 11 is 0. The van der Waals surface area contributed by atoms with Gasteiger partial charge in [0.2, 0.25) is 5.91 Å². The lowest BCUT2D eigenvalue weighted by Crippen LogP contribution is -2.40. The maximum Gasteiger partial charge on any atom is 0.262 e. The first-order valence-electron chi connectivity index (χ1n) is 11.9. The fourth-order valence-electron chi connectivity index (χ4n) is 3.93. The fourth-order valence-corrected chi connectivity index (χ4v) is 5.00. The molecule has 8 nitrogen and oxygen atoms in total. The van der Waals surface area contributed by atoms with Gasteiger partial charge in [-0.05, 0) is 61.4 Å². The number of carbonyl (C=O) groups excluding carboxylic acids is 2. The third-order valence-corrected chi connectivity index (χ3v) is 7.27. The minimum atomic E-state index is -3.94. The van der Waals surface area contributed by atoms with Crippen LogP contribution in [-0.4, -0.2) is 44.8 Å². The van der Waals surface area contributed by atoms with Crippen molar-refractivity contribution in [1.82, 2.24) is 10.2 Å². The summed E-state index contributed by atoms with van der Waals surface area (Å²) in [5.74, 6) is 0.396. The van der Waals surface area contributed by atoms with Crippen molar-refractivity contribution in [3.05, 3.63) is 84.4 Å². The van der Waals surface area contributed by atoms with Crippen molar-refractivity contribution < 1.29 is 22.7 Å². The van der Waals surface area contributed by atoms with Crippen LogP contribution in [0.25, 0.3) is 0 Å². The van der Waals surface area contributed by atoms with Crippen LogP contribution in [0, 0.1) is 0 Å². The minimum absolute atomic E-state index is 0.00536. The van der Waals surface area contributed by atoms with Gasteiger partial charge in [-0.15, -0.1) is 0 Å². The molecule has 0 spiro atoms. The van der Waals surface area contributed by atoms with E-state index in [4.69, 9.17) is 4.74 Å². The molecule has 2 amide bonds. The van der Waals surface area contributed by atoms with E-state index in [-0.39, 0.29) is 28.6 Å².